The first-order valence-corrected chi connectivity index (χ1v) is 25.4. The van der Waals surface area contributed by atoms with Crippen molar-refractivity contribution >= 4 is 70.9 Å². The SMILES string of the molecule is CC(C)CCCCCCCCCC[C@@H]1NC(=O)[C@@H]2CCCN2C(=O)[C@H](CCC(N)=O)NC(=O)[C@H](CC(N)=O)NC(=O)[C@H](CO)NC(=O)[C@H](CC(N)=O)NC(=O)[C@H](Cc2ccc(O)cc2)NC(=O)[C@H](CC(N)=O)NC1=O. The molecule has 2 heterocycles. The largest absolute Gasteiger partial charge is 0.508 e. The fraction of sp³-hybridized carbons (Fsp3) is 0.633. The number of benzene rings is 1. The lowest BCUT2D eigenvalue weighted by molar-refractivity contribution is -0.143. The molecule has 1 aromatic carbocycles. The van der Waals surface area contributed by atoms with Gasteiger partial charge in [0.05, 0.1) is 25.9 Å². The van der Waals surface area contributed by atoms with Crippen LogP contribution in [0.25, 0.3) is 0 Å². The number of amides is 12. The third-order valence-electron chi connectivity index (χ3n) is 12.7. The monoisotopic (exact) mass is 1060 g/mol. The van der Waals surface area contributed by atoms with Crippen molar-refractivity contribution in [2.45, 2.75) is 178 Å². The van der Waals surface area contributed by atoms with Crippen molar-refractivity contribution in [3.63, 3.8) is 0 Å². The Balaban J connectivity index is 2.13. The van der Waals surface area contributed by atoms with Gasteiger partial charge in [0.2, 0.25) is 70.9 Å². The second kappa shape index (κ2) is 31.4. The molecule has 0 aliphatic carbocycles. The molecule has 26 nitrogen and oxygen atoms in total. The summed E-state index contributed by atoms with van der Waals surface area (Å²) in [6.07, 6.45) is 4.72. The van der Waals surface area contributed by atoms with Crippen LogP contribution in [-0.2, 0) is 64.0 Å². The molecule has 2 fully saturated rings. The van der Waals surface area contributed by atoms with Gasteiger partial charge in [0.1, 0.15) is 54.1 Å². The number of nitrogens with zero attached hydrogens (tertiary/aromatic N) is 1. The minimum absolute atomic E-state index is 0.0220. The molecule has 8 atom stereocenters. The summed E-state index contributed by atoms with van der Waals surface area (Å²) in [4.78, 5) is 163. The van der Waals surface area contributed by atoms with Crippen LogP contribution in [0.2, 0.25) is 0 Å². The number of rotatable bonds is 23. The average molecular weight is 1060 g/mol. The standard InChI is InChI=1S/C49H76N12O14/c1-27(2)12-9-7-5-3-4-6-8-10-13-30-42(68)57-34(24-40(52)66)45(71)56-32(22-28-15-17-29(63)18-16-28)43(69)58-35(25-41(53)67)46(72)60-36(26-62)47(73)59-33(23-39(51)65)44(70)55-31(19-20-38(50)64)49(75)61-21-11-14-37(61)48(74)54-30/h15-18,27,30-37,62-63H,3-14,19-26H2,1-2H3,(H2,50,64)(H2,51,65)(H2,52,66)(H2,53,67)(H,54,74)(H,55,70)(H,56,71)(H,57,68)(H,58,69)(H,59,73)(H,60,72)/t30-,31-,32-,33-,34-,35-,36-,37-/m0/s1. The summed E-state index contributed by atoms with van der Waals surface area (Å²) in [5.74, 6) is -12.4. The molecule has 0 aromatic heterocycles. The van der Waals surface area contributed by atoms with Crippen molar-refractivity contribution in [1.82, 2.24) is 42.1 Å². The van der Waals surface area contributed by atoms with Crippen LogP contribution in [0.1, 0.15) is 129 Å². The fourth-order valence-electron chi connectivity index (χ4n) is 8.68. The molecule has 2 aliphatic heterocycles. The number of hydrogen-bond donors (Lipinski definition) is 13. The van der Waals surface area contributed by atoms with Crippen LogP contribution in [0.15, 0.2) is 24.3 Å². The van der Waals surface area contributed by atoms with Crippen LogP contribution in [-0.4, -0.2) is 147 Å². The van der Waals surface area contributed by atoms with E-state index in [2.05, 4.69) is 51.1 Å². The van der Waals surface area contributed by atoms with Crippen molar-refractivity contribution < 1.29 is 67.7 Å². The van der Waals surface area contributed by atoms with Gasteiger partial charge in [-0.05, 0) is 49.3 Å². The highest BCUT2D eigenvalue weighted by atomic mass is 16.3. The molecular weight excluding hydrogens is 981 g/mol. The van der Waals surface area contributed by atoms with Gasteiger partial charge in [-0.2, -0.15) is 0 Å². The molecule has 17 N–H and O–H groups in total. The summed E-state index contributed by atoms with van der Waals surface area (Å²) in [6, 6.07) is -8.12. The number of primary amides is 4. The number of carbonyl (C=O) groups is 12. The molecule has 2 saturated heterocycles. The highest BCUT2D eigenvalue weighted by molar-refractivity contribution is 6.01. The van der Waals surface area contributed by atoms with Gasteiger partial charge in [0.25, 0.3) is 0 Å². The van der Waals surface area contributed by atoms with Crippen molar-refractivity contribution in [3.8, 4) is 5.75 Å². The zero-order chi connectivity index (χ0) is 55.8. The number of phenolic OH excluding ortho intramolecular Hbond substituents is 1. The second-order valence-corrected chi connectivity index (χ2v) is 19.5. The van der Waals surface area contributed by atoms with Crippen LogP contribution in [0.4, 0.5) is 0 Å². The smallest absolute Gasteiger partial charge is 0.245 e. The van der Waals surface area contributed by atoms with E-state index in [9.17, 15) is 67.7 Å². The van der Waals surface area contributed by atoms with Gasteiger partial charge in [0.15, 0.2) is 0 Å². The molecule has 0 unspecified atom stereocenters. The van der Waals surface area contributed by atoms with Gasteiger partial charge in [-0.15, -0.1) is 0 Å². The Morgan fingerprint density at radius 2 is 0.947 bits per heavy atom. The van der Waals surface area contributed by atoms with Crippen LogP contribution in [0.3, 0.4) is 0 Å². The molecule has 0 bridgehead atoms. The van der Waals surface area contributed by atoms with Gasteiger partial charge in [-0.25, -0.2) is 0 Å². The van der Waals surface area contributed by atoms with Gasteiger partial charge in [-0.1, -0.05) is 83.8 Å². The van der Waals surface area contributed by atoms with Crippen molar-refractivity contribution in [1.29, 1.82) is 0 Å². The van der Waals surface area contributed by atoms with E-state index in [-0.39, 0.29) is 38.0 Å². The van der Waals surface area contributed by atoms with E-state index in [4.69, 9.17) is 22.9 Å². The van der Waals surface area contributed by atoms with Gasteiger partial charge >= 0.3 is 0 Å². The Labute approximate surface area is 435 Å². The Kier molecular flexibility index (Phi) is 25.9. The summed E-state index contributed by atoms with van der Waals surface area (Å²) in [7, 11) is 0. The van der Waals surface area contributed by atoms with Crippen LogP contribution < -0.4 is 60.2 Å². The molecule has 26 heteroatoms. The van der Waals surface area contributed by atoms with Crippen molar-refractivity contribution in [2.24, 2.45) is 28.9 Å². The van der Waals surface area contributed by atoms with E-state index < -0.39 is 158 Å². The topological polar surface area (TPSA) is 437 Å². The first-order chi connectivity index (χ1) is 35.5. The minimum atomic E-state index is -1.96. The number of aliphatic hydroxyl groups is 1. The Bertz CT molecular complexity index is 2190. The number of nitrogens with two attached hydrogens (primary N) is 4. The molecule has 12 amide bonds. The first kappa shape index (κ1) is 61.9. The Morgan fingerprint density at radius 1 is 0.533 bits per heavy atom. The van der Waals surface area contributed by atoms with E-state index in [0.29, 0.717) is 24.3 Å². The summed E-state index contributed by atoms with van der Waals surface area (Å²) in [6.45, 7) is 3.14. The summed E-state index contributed by atoms with van der Waals surface area (Å²) in [5, 5.41) is 36.7. The third-order valence-corrected chi connectivity index (χ3v) is 12.7. The zero-order valence-electron chi connectivity index (χ0n) is 42.7. The highest BCUT2D eigenvalue weighted by Gasteiger charge is 2.41. The number of unbranched alkanes of at least 4 members (excludes halogenated alkanes) is 7. The molecule has 2 aliphatic rings. The third kappa shape index (κ3) is 21.9. The highest BCUT2D eigenvalue weighted by Crippen LogP contribution is 2.22. The molecule has 3 rings (SSSR count). The number of fused-ring (bicyclic) bond motifs is 1. The van der Waals surface area contributed by atoms with E-state index in [1.54, 1.807) is 0 Å². The van der Waals surface area contributed by atoms with E-state index in [1.165, 1.54) is 24.3 Å². The Hall–Kier alpha value is -7.38. The minimum Gasteiger partial charge on any atom is -0.508 e. The quantitative estimate of drug-likeness (QED) is 0.0480. The second-order valence-electron chi connectivity index (χ2n) is 19.5. The van der Waals surface area contributed by atoms with E-state index in [0.717, 1.165) is 49.8 Å². The zero-order valence-corrected chi connectivity index (χ0v) is 42.7. The van der Waals surface area contributed by atoms with E-state index in [1.807, 2.05) is 0 Å². The number of aromatic hydroxyl groups is 1. The van der Waals surface area contributed by atoms with Crippen LogP contribution >= 0.6 is 0 Å². The summed E-state index contributed by atoms with van der Waals surface area (Å²) in [5.41, 5.74) is 22.1. The fourth-order valence-corrected chi connectivity index (χ4v) is 8.68. The van der Waals surface area contributed by atoms with Crippen molar-refractivity contribution in [2.75, 3.05) is 13.2 Å². The maximum atomic E-state index is 14.3. The first-order valence-electron chi connectivity index (χ1n) is 25.4. The maximum Gasteiger partial charge on any atom is 0.245 e. The number of carbonyl (C=O) groups excluding carboxylic acids is 12. The molecule has 1 aromatic rings. The number of hydrogen-bond acceptors (Lipinski definition) is 14. The molecule has 0 saturated carbocycles. The molecule has 75 heavy (non-hydrogen) atoms. The normalized spacial score (nSPS) is 23.8. The number of nitrogens with one attached hydrogen (secondary N) is 7. The van der Waals surface area contributed by atoms with Crippen LogP contribution in [0.5, 0.6) is 5.75 Å². The summed E-state index contributed by atoms with van der Waals surface area (Å²) < 4.78 is 0. The maximum absolute atomic E-state index is 14.3. The predicted octanol–water partition coefficient (Wildman–Crippen LogP) is -3.23. The summed E-state index contributed by atoms with van der Waals surface area (Å²) >= 11 is 0. The van der Waals surface area contributed by atoms with Gasteiger partial charge in [0, 0.05) is 19.4 Å². The van der Waals surface area contributed by atoms with Gasteiger partial charge in [-0.3, -0.25) is 57.5 Å². The van der Waals surface area contributed by atoms with E-state index >= 15 is 0 Å². The van der Waals surface area contributed by atoms with Crippen molar-refractivity contribution in [3.05, 3.63) is 29.8 Å². The van der Waals surface area contributed by atoms with Crippen LogP contribution in [0, 0.1) is 5.92 Å². The number of phenols is 1. The Morgan fingerprint density at radius 3 is 1.43 bits per heavy atom. The molecular formula is C49H76N12O14. The lowest BCUT2D eigenvalue weighted by Crippen LogP contribution is -2.62. The molecule has 0 spiro atoms. The lowest BCUT2D eigenvalue weighted by Gasteiger charge is -2.31. The predicted molar refractivity (Wildman–Crippen MR) is 268 cm³/mol. The molecule has 416 valence electrons. The molecule has 0 radical (unpaired) electrons. The number of aliphatic hydroxyl groups excluding tert-OH is 1. The van der Waals surface area contributed by atoms with Gasteiger partial charge < -0.3 is 75.3 Å². The lowest BCUT2D eigenvalue weighted by atomic mass is 10.0. The average Bonchev–Trinajstić information content (AvgIpc) is 3.83.